The number of rotatable bonds is 8. The van der Waals surface area contributed by atoms with Gasteiger partial charge in [0, 0.05) is 42.1 Å². The van der Waals surface area contributed by atoms with Crippen LogP contribution in [0.1, 0.15) is 69.8 Å². The molecule has 5 rings (SSSR count). The summed E-state index contributed by atoms with van der Waals surface area (Å²) in [6.07, 6.45) is 8.46. The van der Waals surface area contributed by atoms with Crippen molar-refractivity contribution < 1.29 is 22.7 Å². The predicted molar refractivity (Wildman–Crippen MR) is 147 cm³/mol. The summed E-state index contributed by atoms with van der Waals surface area (Å²) in [6.45, 7) is 0.944. The molecule has 1 amide bonds. The van der Waals surface area contributed by atoms with E-state index in [1.54, 1.807) is 12.1 Å². The lowest BCUT2D eigenvalue weighted by Crippen LogP contribution is -2.40. The minimum absolute atomic E-state index is 0.0526. The van der Waals surface area contributed by atoms with Gasteiger partial charge in [0.05, 0.1) is 0 Å². The molecule has 0 aliphatic heterocycles. The molecule has 0 unspecified atom stereocenters. The smallest absolute Gasteiger partial charge is 0.406 e. The van der Waals surface area contributed by atoms with E-state index in [-0.39, 0.29) is 23.7 Å². The number of ether oxygens (including phenoxy) is 1. The molecule has 0 atom stereocenters. The molecule has 3 N–H and O–H groups in total. The monoisotopic (exact) mass is 541 g/mol. The first kappa shape index (κ1) is 27.6. The second kappa shape index (κ2) is 12.0. The van der Waals surface area contributed by atoms with E-state index in [0.717, 1.165) is 54.3 Å². The maximum Gasteiger partial charge on any atom is 0.573 e. The van der Waals surface area contributed by atoms with Gasteiger partial charge in [0.25, 0.3) is 0 Å². The Hall–Kier alpha value is -3.00. The molecule has 2 aliphatic rings. The van der Waals surface area contributed by atoms with Crippen LogP contribution in [-0.2, 0) is 17.8 Å². The largest absolute Gasteiger partial charge is 0.573 e. The average molecular weight is 542 g/mol. The van der Waals surface area contributed by atoms with Crippen LogP contribution < -0.4 is 15.8 Å². The van der Waals surface area contributed by atoms with Crippen molar-refractivity contribution in [2.75, 3.05) is 0 Å². The number of hydrogen-bond acceptors (Lipinski definition) is 3. The highest BCUT2D eigenvalue weighted by molar-refractivity contribution is 5.89. The molecule has 210 valence electrons. The minimum atomic E-state index is -4.74. The Bertz CT molecular complexity index is 1270. The van der Waals surface area contributed by atoms with Gasteiger partial charge in [-0.1, -0.05) is 37.5 Å². The lowest BCUT2D eigenvalue weighted by molar-refractivity contribution is -0.274. The van der Waals surface area contributed by atoms with Crippen LogP contribution in [0.4, 0.5) is 13.2 Å². The molecule has 2 aliphatic carbocycles. The summed E-state index contributed by atoms with van der Waals surface area (Å²) in [5.74, 6) is 0.450. The number of amides is 1. The number of hydrogen-bond donors (Lipinski definition) is 2. The number of carbonyl (C=O) groups excluding carboxylic acids is 1. The van der Waals surface area contributed by atoms with Crippen molar-refractivity contribution in [3.05, 3.63) is 54.2 Å². The molecule has 0 saturated heterocycles. The van der Waals surface area contributed by atoms with Gasteiger partial charge in [-0.3, -0.25) is 4.79 Å². The van der Waals surface area contributed by atoms with Gasteiger partial charge >= 0.3 is 6.36 Å². The SMILES string of the molecule is N[C@H]1CC[C@H](NC(=O)CCc2cn(CC3CCCCC3)c3ccc(-c4cccc(OC(F)(F)F)c4)cc23)CC1. The lowest BCUT2D eigenvalue weighted by Gasteiger charge is -2.26. The number of nitrogens with one attached hydrogen (secondary N) is 1. The van der Waals surface area contributed by atoms with E-state index in [1.165, 1.54) is 44.2 Å². The van der Waals surface area contributed by atoms with E-state index in [0.29, 0.717) is 24.3 Å². The van der Waals surface area contributed by atoms with Crippen LogP contribution in [0.25, 0.3) is 22.0 Å². The molecular weight excluding hydrogens is 503 g/mol. The molecule has 5 nitrogen and oxygen atoms in total. The van der Waals surface area contributed by atoms with E-state index in [1.807, 2.05) is 12.1 Å². The molecule has 2 fully saturated rings. The molecule has 3 aromatic rings. The van der Waals surface area contributed by atoms with E-state index < -0.39 is 6.36 Å². The van der Waals surface area contributed by atoms with Gasteiger partial charge in [-0.05, 0) is 91.8 Å². The number of carbonyl (C=O) groups is 1. The summed E-state index contributed by atoms with van der Waals surface area (Å²) in [7, 11) is 0. The summed E-state index contributed by atoms with van der Waals surface area (Å²) >= 11 is 0. The summed E-state index contributed by atoms with van der Waals surface area (Å²) in [6, 6.07) is 12.6. The first-order chi connectivity index (χ1) is 18.7. The van der Waals surface area contributed by atoms with E-state index in [2.05, 4.69) is 26.9 Å². The third kappa shape index (κ3) is 7.35. The van der Waals surface area contributed by atoms with Crippen LogP contribution in [0.2, 0.25) is 0 Å². The Kier molecular flexibility index (Phi) is 8.50. The zero-order valence-corrected chi connectivity index (χ0v) is 22.3. The zero-order valence-electron chi connectivity index (χ0n) is 22.3. The fraction of sp³-hybridized carbons (Fsp3) is 0.516. The molecule has 2 aromatic carbocycles. The number of halogens is 3. The normalized spacial score (nSPS) is 20.7. The van der Waals surface area contributed by atoms with Gasteiger partial charge in [-0.2, -0.15) is 0 Å². The van der Waals surface area contributed by atoms with Crippen LogP contribution in [0.15, 0.2) is 48.7 Å². The number of nitrogens with zero attached hydrogens (tertiary/aromatic N) is 1. The standard InChI is InChI=1S/C31H38F3N3O2/c32-31(33,34)39-27-8-4-7-22(17-27)23-9-15-29-28(18-23)24(20-37(29)19-21-5-2-1-3-6-21)10-16-30(38)36-26-13-11-25(35)12-14-26/h4,7-9,15,17-18,20-21,25-26H,1-3,5-6,10-14,16,19,35H2,(H,36,38)/t25-,26-. The Morgan fingerprint density at radius 2 is 1.72 bits per heavy atom. The van der Waals surface area contributed by atoms with Crippen molar-refractivity contribution in [1.29, 1.82) is 0 Å². The summed E-state index contributed by atoms with van der Waals surface area (Å²) in [5.41, 5.74) is 9.66. The van der Waals surface area contributed by atoms with Gasteiger partial charge in [-0.15, -0.1) is 13.2 Å². The number of aromatic nitrogens is 1. The number of fused-ring (bicyclic) bond motifs is 1. The molecule has 8 heteroatoms. The van der Waals surface area contributed by atoms with E-state index >= 15 is 0 Å². The average Bonchev–Trinajstić information content (AvgIpc) is 3.25. The Morgan fingerprint density at radius 1 is 0.974 bits per heavy atom. The van der Waals surface area contributed by atoms with Crippen LogP contribution in [0.5, 0.6) is 5.75 Å². The Balaban J connectivity index is 1.38. The molecule has 1 heterocycles. The number of aryl methyl sites for hydroxylation is 1. The second-order valence-corrected chi connectivity index (χ2v) is 11.3. The van der Waals surface area contributed by atoms with Gasteiger partial charge in [0.15, 0.2) is 0 Å². The fourth-order valence-electron chi connectivity index (χ4n) is 6.23. The summed E-state index contributed by atoms with van der Waals surface area (Å²) in [5, 5.41) is 4.23. The van der Waals surface area contributed by atoms with Crippen molar-refractivity contribution in [1.82, 2.24) is 9.88 Å². The topological polar surface area (TPSA) is 69.3 Å². The maximum absolute atomic E-state index is 12.8. The first-order valence-corrected chi connectivity index (χ1v) is 14.3. The molecule has 1 aromatic heterocycles. The Morgan fingerprint density at radius 3 is 2.46 bits per heavy atom. The zero-order chi connectivity index (χ0) is 27.4. The number of benzene rings is 2. The highest BCUT2D eigenvalue weighted by Gasteiger charge is 2.31. The summed E-state index contributed by atoms with van der Waals surface area (Å²) < 4.78 is 44.8. The van der Waals surface area contributed by atoms with E-state index in [9.17, 15) is 18.0 Å². The second-order valence-electron chi connectivity index (χ2n) is 11.3. The van der Waals surface area contributed by atoms with Crippen molar-refractivity contribution in [3.63, 3.8) is 0 Å². The van der Waals surface area contributed by atoms with Crippen LogP contribution in [-0.4, -0.2) is 28.9 Å². The van der Waals surface area contributed by atoms with Gasteiger partial charge in [0.1, 0.15) is 5.75 Å². The molecule has 0 radical (unpaired) electrons. The number of alkyl halides is 3. The predicted octanol–water partition coefficient (Wildman–Crippen LogP) is 7.11. The van der Waals surface area contributed by atoms with Crippen LogP contribution in [0.3, 0.4) is 0 Å². The van der Waals surface area contributed by atoms with Crippen molar-refractivity contribution in [3.8, 4) is 16.9 Å². The highest BCUT2D eigenvalue weighted by Crippen LogP contribution is 2.33. The molecule has 2 saturated carbocycles. The number of nitrogens with two attached hydrogens (primary N) is 1. The highest BCUT2D eigenvalue weighted by atomic mass is 19.4. The maximum atomic E-state index is 12.8. The van der Waals surface area contributed by atoms with Crippen LogP contribution in [0, 0.1) is 5.92 Å². The van der Waals surface area contributed by atoms with Gasteiger partial charge < -0.3 is 20.4 Å². The third-order valence-corrected chi connectivity index (χ3v) is 8.30. The van der Waals surface area contributed by atoms with Crippen molar-refractivity contribution in [2.45, 2.75) is 95.6 Å². The molecule has 39 heavy (non-hydrogen) atoms. The fourth-order valence-corrected chi connectivity index (χ4v) is 6.23. The van der Waals surface area contributed by atoms with Gasteiger partial charge in [-0.25, -0.2) is 0 Å². The van der Waals surface area contributed by atoms with Crippen LogP contribution >= 0.6 is 0 Å². The Labute approximate surface area is 227 Å². The first-order valence-electron chi connectivity index (χ1n) is 14.3. The molecule has 0 bridgehead atoms. The van der Waals surface area contributed by atoms with Crippen molar-refractivity contribution in [2.24, 2.45) is 11.7 Å². The lowest BCUT2D eigenvalue weighted by atomic mass is 9.89. The quantitative estimate of drug-likeness (QED) is 0.319. The van der Waals surface area contributed by atoms with Crippen molar-refractivity contribution >= 4 is 16.8 Å². The van der Waals surface area contributed by atoms with Gasteiger partial charge in [0.2, 0.25) is 5.91 Å². The molecular formula is C31H38F3N3O2. The third-order valence-electron chi connectivity index (χ3n) is 8.30. The minimum Gasteiger partial charge on any atom is -0.406 e. The summed E-state index contributed by atoms with van der Waals surface area (Å²) in [4.78, 5) is 12.8. The van der Waals surface area contributed by atoms with E-state index in [4.69, 9.17) is 5.73 Å². The molecule has 0 spiro atoms.